The zero-order chi connectivity index (χ0) is 27.8. The first-order chi connectivity index (χ1) is 21.3. The summed E-state index contributed by atoms with van der Waals surface area (Å²) in [5, 5.41) is 8.47. The highest BCUT2D eigenvalue weighted by molar-refractivity contribution is 7.26. The molecule has 0 saturated heterocycles. The van der Waals surface area contributed by atoms with Crippen LogP contribution in [0.15, 0.2) is 120 Å². The number of thiophene rings is 1. The Labute approximate surface area is 247 Å². The molecule has 5 heteroatoms. The summed E-state index contributed by atoms with van der Waals surface area (Å²) in [4.78, 5) is 10.4. The lowest BCUT2D eigenvalue weighted by Gasteiger charge is -2.05. The molecule has 0 fully saturated rings. The van der Waals surface area contributed by atoms with Crippen molar-refractivity contribution in [2.24, 2.45) is 0 Å². The second-order valence-corrected chi connectivity index (χ2v) is 12.4. The van der Waals surface area contributed by atoms with E-state index in [-0.39, 0.29) is 0 Å². The molecule has 0 saturated carbocycles. The Morgan fingerprint density at radius 2 is 1.40 bits per heavy atom. The predicted octanol–water partition coefficient (Wildman–Crippen LogP) is 10.7. The summed E-state index contributed by atoms with van der Waals surface area (Å²) in [7, 11) is 0. The number of benzene rings is 6. The van der Waals surface area contributed by atoms with E-state index >= 15 is 0 Å². The Bertz CT molecular complexity index is 2960. The lowest BCUT2D eigenvalue weighted by molar-refractivity contribution is 0.670. The van der Waals surface area contributed by atoms with Crippen LogP contribution in [0, 0.1) is 0 Å². The Morgan fingerprint density at radius 1 is 0.605 bits per heavy atom. The summed E-state index contributed by atoms with van der Waals surface area (Å²) in [6.45, 7) is 0. The summed E-state index contributed by atoms with van der Waals surface area (Å²) >= 11 is 1.85. The minimum atomic E-state index is 0.907. The van der Waals surface area contributed by atoms with Crippen molar-refractivity contribution in [2.45, 2.75) is 0 Å². The van der Waals surface area contributed by atoms with Crippen LogP contribution in [0.5, 0.6) is 0 Å². The number of hydrogen-bond acceptors (Lipinski definition) is 4. The molecule has 0 unspecified atom stereocenters. The van der Waals surface area contributed by atoms with Crippen molar-refractivity contribution in [3.63, 3.8) is 0 Å². The van der Waals surface area contributed by atoms with E-state index in [2.05, 4.69) is 95.4 Å². The Hall–Kier alpha value is -5.52. The van der Waals surface area contributed by atoms with Gasteiger partial charge in [-0.1, -0.05) is 72.8 Å². The summed E-state index contributed by atoms with van der Waals surface area (Å²) in [5.74, 6) is 0. The first-order valence-corrected chi connectivity index (χ1v) is 15.2. The Kier molecular flexibility index (Phi) is 3.94. The molecule has 0 radical (unpaired) electrons. The maximum Gasteiger partial charge on any atom is 0.165 e. The summed E-state index contributed by atoms with van der Waals surface area (Å²) in [5.41, 5.74) is 10.1. The molecule has 0 aliphatic heterocycles. The van der Waals surface area contributed by atoms with Gasteiger partial charge in [0.05, 0.1) is 22.1 Å². The van der Waals surface area contributed by atoms with Crippen LogP contribution in [-0.2, 0) is 0 Å². The standard InChI is InChI=1S/C38H19N3OS/c1-5-14-31-22(8-1)24-11-7-10-21(36(24)42-31)20-16-17-30-25(18-20)26-19-27-23-9-2-6-15-32(23)43-37(27)33-34-38(41(30)35(26)33)40-29-13-4-3-12-28(29)39-34/h1-19H. The van der Waals surface area contributed by atoms with Gasteiger partial charge in [-0.3, -0.25) is 4.40 Å². The van der Waals surface area contributed by atoms with Crippen LogP contribution in [-0.4, -0.2) is 14.4 Å². The second-order valence-electron chi connectivity index (χ2n) is 11.4. The molecule has 0 aliphatic carbocycles. The van der Waals surface area contributed by atoms with Gasteiger partial charge in [0, 0.05) is 52.7 Å². The Balaban J connectivity index is 1.32. The van der Waals surface area contributed by atoms with Crippen LogP contribution in [0.2, 0.25) is 0 Å². The Morgan fingerprint density at radius 3 is 2.33 bits per heavy atom. The van der Waals surface area contributed by atoms with E-state index in [4.69, 9.17) is 14.4 Å². The van der Waals surface area contributed by atoms with Crippen molar-refractivity contribution in [3.05, 3.63) is 115 Å². The highest BCUT2D eigenvalue weighted by atomic mass is 32.1. The van der Waals surface area contributed by atoms with E-state index in [1.807, 2.05) is 35.6 Å². The van der Waals surface area contributed by atoms with Gasteiger partial charge in [0.2, 0.25) is 0 Å². The predicted molar refractivity (Wildman–Crippen MR) is 180 cm³/mol. The molecule has 0 N–H and O–H groups in total. The van der Waals surface area contributed by atoms with Gasteiger partial charge in [0.15, 0.2) is 5.65 Å². The van der Waals surface area contributed by atoms with Crippen molar-refractivity contribution in [3.8, 4) is 11.1 Å². The molecule has 198 valence electrons. The average molecular weight is 566 g/mol. The van der Waals surface area contributed by atoms with Crippen LogP contribution in [0.4, 0.5) is 0 Å². The van der Waals surface area contributed by atoms with Crippen LogP contribution in [0.1, 0.15) is 0 Å². The quantitative estimate of drug-likeness (QED) is 0.199. The van der Waals surface area contributed by atoms with Crippen LogP contribution < -0.4 is 0 Å². The lowest BCUT2D eigenvalue weighted by atomic mass is 9.99. The first kappa shape index (κ1) is 22.1. The molecule has 11 aromatic rings. The molecular formula is C38H19N3OS. The SMILES string of the molecule is c1ccc2nc3c(nc2c1)c1c2sc4ccccc4c2cc2c4cc(-c5cccc6c5oc5ccccc56)ccc4n3c21. The topological polar surface area (TPSA) is 43.3 Å². The van der Waals surface area contributed by atoms with Crippen LogP contribution in [0.3, 0.4) is 0 Å². The third kappa shape index (κ3) is 2.71. The average Bonchev–Trinajstić information content (AvgIpc) is 3.79. The van der Waals surface area contributed by atoms with Gasteiger partial charge in [0.25, 0.3) is 0 Å². The molecule has 0 spiro atoms. The van der Waals surface area contributed by atoms with Crippen LogP contribution in [0.25, 0.3) is 103 Å². The highest BCUT2D eigenvalue weighted by Crippen LogP contribution is 2.48. The maximum atomic E-state index is 6.43. The molecule has 6 aromatic carbocycles. The highest BCUT2D eigenvalue weighted by Gasteiger charge is 2.24. The zero-order valence-electron chi connectivity index (χ0n) is 22.6. The summed E-state index contributed by atoms with van der Waals surface area (Å²) < 4.78 is 11.3. The van der Waals surface area contributed by atoms with Gasteiger partial charge >= 0.3 is 0 Å². The molecule has 0 bridgehead atoms. The van der Waals surface area contributed by atoms with E-state index < -0.39 is 0 Å². The molecular weight excluding hydrogens is 547 g/mol. The minimum Gasteiger partial charge on any atom is -0.455 e. The van der Waals surface area contributed by atoms with Crippen molar-refractivity contribution in [1.82, 2.24) is 14.4 Å². The van der Waals surface area contributed by atoms with Gasteiger partial charge in [0.1, 0.15) is 16.7 Å². The van der Waals surface area contributed by atoms with Gasteiger partial charge in [-0.15, -0.1) is 11.3 Å². The third-order valence-corrected chi connectivity index (χ3v) is 10.3. The monoisotopic (exact) mass is 565 g/mol. The molecule has 11 rings (SSSR count). The van der Waals surface area contributed by atoms with Gasteiger partial charge in [-0.05, 0) is 48.0 Å². The number of nitrogens with zero attached hydrogens (tertiary/aromatic N) is 3. The number of rotatable bonds is 1. The molecule has 5 aromatic heterocycles. The van der Waals surface area contributed by atoms with Crippen molar-refractivity contribution >= 4 is 103 Å². The van der Waals surface area contributed by atoms with E-state index in [0.717, 1.165) is 60.8 Å². The molecule has 0 atom stereocenters. The van der Waals surface area contributed by atoms with Gasteiger partial charge in [-0.25, -0.2) is 9.97 Å². The molecule has 0 amide bonds. The normalized spacial score (nSPS) is 12.7. The molecule has 5 heterocycles. The van der Waals surface area contributed by atoms with Crippen LogP contribution >= 0.6 is 11.3 Å². The number of furan rings is 1. The zero-order valence-corrected chi connectivity index (χ0v) is 23.4. The third-order valence-electron chi connectivity index (χ3n) is 9.11. The second kappa shape index (κ2) is 7.65. The van der Waals surface area contributed by atoms with Crippen molar-refractivity contribution in [2.75, 3.05) is 0 Å². The largest absolute Gasteiger partial charge is 0.455 e. The number of fused-ring (bicyclic) bond motifs is 14. The van der Waals surface area contributed by atoms with E-state index in [1.54, 1.807) is 0 Å². The minimum absolute atomic E-state index is 0.907. The molecule has 43 heavy (non-hydrogen) atoms. The number of hydrogen-bond donors (Lipinski definition) is 0. The van der Waals surface area contributed by atoms with E-state index in [9.17, 15) is 0 Å². The lowest BCUT2D eigenvalue weighted by Crippen LogP contribution is -1.89. The van der Waals surface area contributed by atoms with E-state index in [1.165, 1.54) is 41.8 Å². The maximum absolute atomic E-state index is 6.43. The number of para-hydroxylation sites is 4. The summed E-state index contributed by atoms with van der Waals surface area (Å²) in [6.07, 6.45) is 0. The van der Waals surface area contributed by atoms with Gasteiger partial charge in [-0.2, -0.15) is 0 Å². The number of aromatic nitrogens is 3. The van der Waals surface area contributed by atoms with Gasteiger partial charge < -0.3 is 4.42 Å². The fourth-order valence-electron chi connectivity index (χ4n) is 7.25. The van der Waals surface area contributed by atoms with E-state index in [0.29, 0.717) is 0 Å². The molecule has 0 aliphatic rings. The summed E-state index contributed by atoms with van der Waals surface area (Å²) in [6, 6.07) is 40.8. The fraction of sp³-hybridized carbons (Fsp3) is 0. The van der Waals surface area contributed by atoms with Crippen molar-refractivity contribution in [1.29, 1.82) is 0 Å². The van der Waals surface area contributed by atoms with Crippen molar-refractivity contribution < 1.29 is 4.42 Å². The first-order valence-electron chi connectivity index (χ1n) is 14.4. The smallest absolute Gasteiger partial charge is 0.165 e. The fourth-order valence-corrected chi connectivity index (χ4v) is 8.48. The molecule has 4 nitrogen and oxygen atoms in total.